The molecule has 0 aliphatic carbocycles. The number of ether oxygens (including phenoxy) is 2. The molecule has 1 amide bonds. The van der Waals surface area contributed by atoms with Crippen molar-refractivity contribution < 1.29 is 22.7 Å². The van der Waals surface area contributed by atoms with Gasteiger partial charge in [0.05, 0.1) is 29.9 Å². The predicted molar refractivity (Wildman–Crippen MR) is 117 cm³/mol. The predicted octanol–water partition coefficient (Wildman–Crippen LogP) is 4.27. The van der Waals surface area contributed by atoms with Gasteiger partial charge in [0.2, 0.25) is 0 Å². The van der Waals surface area contributed by atoms with Gasteiger partial charge in [-0.3, -0.25) is 0 Å². The van der Waals surface area contributed by atoms with Crippen LogP contribution in [0.25, 0.3) is 0 Å². The second-order valence-electron chi connectivity index (χ2n) is 8.26. The average molecular weight is 434 g/mol. The molecule has 0 unspecified atom stereocenters. The van der Waals surface area contributed by atoms with Gasteiger partial charge in [0.1, 0.15) is 5.60 Å². The minimum Gasteiger partial charge on any atom is -0.444 e. The molecule has 0 heterocycles. The molecule has 0 aromatic heterocycles. The molecule has 164 valence electrons. The monoisotopic (exact) mass is 433 g/mol. The fourth-order valence-corrected chi connectivity index (χ4v) is 4.11. The van der Waals surface area contributed by atoms with Gasteiger partial charge in [-0.2, -0.15) is 0 Å². The van der Waals surface area contributed by atoms with Gasteiger partial charge in [-0.05, 0) is 51.8 Å². The zero-order valence-electron chi connectivity index (χ0n) is 18.1. The molecule has 0 aliphatic heterocycles. The summed E-state index contributed by atoms with van der Waals surface area (Å²) >= 11 is 0. The number of rotatable bonds is 9. The lowest BCUT2D eigenvalue weighted by Gasteiger charge is -2.23. The van der Waals surface area contributed by atoms with Crippen molar-refractivity contribution in [2.45, 2.75) is 57.3 Å². The van der Waals surface area contributed by atoms with E-state index in [4.69, 9.17) is 9.47 Å². The second kappa shape index (κ2) is 10.6. The van der Waals surface area contributed by atoms with E-state index in [0.717, 1.165) is 11.1 Å². The van der Waals surface area contributed by atoms with E-state index >= 15 is 0 Å². The second-order valence-corrected chi connectivity index (χ2v) is 10.4. The zero-order chi connectivity index (χ0) is 22.2. The van der Waals surface area contributed by atoms with E-state index in [1.54, 1.807) is 45.0 Å². The first-order valence-electron chi connectivity index (χ1n) is 9.96. The molecule has 2 rings (SSSR count). The van der Waals surface area contributed by atoms with Crippen LogP contribution >= 0.6 is 0 Å². The van der Waals surface area contributed by atoms with Crippen LogP contribution in [0.15, 0.2) is 59.5 Å². The molecule has 0 saturated heterocycles. The van der Waals surface area contributed by atoms with Gasteiger partial charge in [0, 0.05) is 0 Å². The minimum absolute atomic E-state index is 0.106. The van der Waals surface area contributed by atoms with E-state index in [9.17, 15) is 13.2 Å². The largest absolute Gasteiger partial charge is 0.444 e. The lowest BCUT2D eigenvalue weighted by Crippen LogP contribution is -2.42. The van der Waals surface area contributed by atoms with E-state index in [1.165, 1.54) is 0 Å². The van der Waals surface area contributed by atoms with Crippen molar-refractivity contribution in [1.82, 2.24) is 5.32 Å². The van der Waals surface area contributed by atoms with Crippen LogP contribution < -0.4 is 5.32 Å². The Labute approximate surface area is 179 Å². The third-order valence-corrected chi connectivity index (χ3v) is 6.03. The quantitative estimate of drug-likeness (QED) is 0.639. The summed E-state index contributed by atoms with van der Waals surface area (Å²) in [4.78, 5) is 12.5. The molecule has 2 aromatic rings. The lowest BCUT2D eigenvalue weighted by atomic mass is 10.2. The highest BCUT2D eigenvalue weighted by Gasteiger charge is 2.22. The van der Waals surface area contributed by atoms with Crippen molar-refractivity contribution in [1.29, 1.82) is 0 Å². The van der Waals surface area contributed by atoms with Crippen molar-refractivity contribution in [3.05, 3.63) is 65.7 Å². The van der Waals surface area contributed by atoms with E-state index in [2.05, 4.69) is 5.32 Å². The number of carbonyl (C=O) groups is 1. The Morgan fingerprint density at radius 3 is 2.27 bits per heavy atom. The summed E-state index contributed by atoms with van der Waals surface area (Å²) in [6.45, 7) is 7.77. The molecular formula is C23H31NO5S. The third kappa shape index (κ3) is 8.55. The summed E-state index contributed by atoms with van der Waals surface area (Å²) in [5.41, 5.74) is 1.35. The van der Waals surface area contributed by atoms with Gasteiger partial charge in [0.15, 0.2) is 9.84 Å². The van der Waals surface area contributed by atoms with Crippen molar-refractivity contribution in [2.75, 3.05) is 12.4 Å². The highest BCUT2D eigenvalue weighted by atomic mass is 32.2. The van der Waals surface area contributed by atoms with Crippen LogP contribution in [0.5, 0.6) is 0 Å². The van der Waals surface area contributed by atoms with Crippen LogP contribution in [0.1, 0.15) is 38.3 Å². The van der Waals surface area contributed by atoms with Gasteiger partial charge in [-0.1, -0.05) is 48.0 Å². The molecule has 1 N–H and O–H groups in total. The summed E-state index contributed by atoms with van der Waals surface area (Å²) in [7, 11) is -3.47. The number of aryl methyl sites for hydroxylation is 1. The Hall–Kier alpha value is -2.38. The maximum absolute atomic E-state index is 12.7. The number of hydrogen-bond donors (Lipinski definition) is 1. The summed E-state index contributed by atoms with van der Waals surface area (Å²) in [5.74, 6) is -0.106. The molecule has 2 aromatic carbocycles. The Kier molecular flexibility index (Phi) is 8.43. The SMILES string of the molecule is Cc1ccc(S(=O)(=O)CC[C@@H](COCc2ccccc2)NC(=O)OC(C)(C)C)cc1. The molecular weight excluding hydrogens is 402 g/mol. The van der Waals surface area contributed by atoms with Gasteiger partial charge in [0.25, 0.3) is 0 Å². The molecule has 1 atom stereocenters. The molecule has 0 radical (unpaired) electrons. The molecule has 7 heteroatoms. The number of nitrogens with one attached hydrogen (secondary N) is 1. The Balaban J connectivity index is 2.00. The van der Waals surface area contributed by atoms with Gasteiger partial charge >= 0.3 is 6.09 Å². The maximum Gasteiger partial charge on any atom is 0.407 e. The smallest absolute Gasteiger partial charge is 0.407 e. The van der Waals surface area contributed by atoms with E-state index < -0.39 is 27.6 Å². The molecule has 30 heavy (non-hydrogen) atoms. The average Bonchev–Trinajstić information content (AvgIpc) is 2.66. The van der Waals surface area contributed by atoms with Crippen LogP contribution in [0, 0.1) is 6.92 Å². The van der Waals surface area contributed by atoms with E-state index in [-0.39, 0.29) is 23.7 Å². The Morgan fingerprint density at radius 2 is 1.67 bits per heavy atom. The first kappa shape index (κ1) is 23.9. The molecule has 0 aliphatic rings. The number of hydrogen-bond acceptors (Lipinski definition) is 5. The van der Waals surface area contributed by atoms with Crippen molar-refractivity contribution >= 4 is 15.9 Å². The standard InChI is InChI=1S/C23H31NO5S/c1-18-10-12-21(13-11-18)30(26,27)15-14-20(24-22(25)29-23(2,3)4)17-28-16-19-8-6-5-7-9-19/h5-13,20H,14-17H2,1-4H3,(H,24,25)/t20-/m0/s1. The van der Waals surface area contributed by atoms with Crippen LogP contribution in [0.2, 0.25) is 0 Å². The third-order valence-electron chi connectivity index (χ3n) is 4.27. The molecule has 0 bridgehead atoms. The van der Waals surface area contributed by atoms with E-state index in [1.807, 2.05) is 37.3 Å². The van der Waals surface area contributed by atoms with Crippen molar-refractivity contribution in [3.63, 3.8) is 0 Å². The zero-order valence-corrected chi connectivity index (χ0v) is 18.9. The number of alkyl carbamates (subject to hydrolysis) is 1. The molecule has 0 saturated carbocycles. The van der Waals surface area contributed by atoms with Gasteiger partial charge in [-0.25, -0.2) is 13.2 Å². The summed E-state index contributed by atoms with van der Waals surface area (Å²) in [6, 6.07) is 15.9. The lowest BCUT2D eigenvalue weighted by molar-refractivity contribution is 0.0426. The number of amides is 1. The number of sulfone groups is 1. The van der Waals surface area contributed by atoms with Crippen LogP contribution in [-0.4, -0.2) is 38.5 Å². The fourth-order valence-electron chi connectivity index (χ4n) is 2.73. The van der Waals surface area contributed by atoms with E-state index in [0.29, 0.717) is 6.61 Å². The molecule has 6 nitrogen and oxygen atoms in total. The highest BCUT2D eigenvalue weighted by molar-refractivity contribution is 7.91. The highest BCUT2D eigenvalue weighted by Crippen LogP contribution is 2.15. The normalized spacial score (nSPS) is 12.9. The number of benzene rings is 2. The van der Waals surface area contributed by atoms with Gasteiger partial charge < -0.3 is 14.8 Å². The Bertz CT molecular complexity index is 903. The van der Waals surface area contributed by atoms with Crippen LogP contribution in [-0.2, 0) is 25.9 Å². The minimum atomic E-state index is -3.47. The maximum atomic E-state index is 12.7. The summed E-state index contributed by atoms with van der Waals surface area (Å²) in [5, 5.41) is 2.74. The van der Waals surface area contributed by atoms with Crippen LogP contribution in [0.4, 0.5) is 4.79 Å². The summed E-state index contributed by atoms with van der Waals surface area (Å²) < 4.78 is 36.4. The van der Waals surface area contributed by atoms with Gasteiger partial charge in [-0.15, -0.1) is 0 Å². The van der Waals surface area contributed by atoms with Crippen LogP contribution in [0.3, 0.4) is 0 Å². The molecule has 0 spiro atoms. The summed E-state index contributed by atoms with van der Waals surface area (Å²) in [6.07, 6.45) is -0.381. The number of carbonyl (C=O) groups excluding carboxylic acids is 1. The van der Waals surface area contributed by atoms with Crippen molar-refractivity contribution in [2.24, 2.45) is 0 Å². The first-order valence-corrected chi connectivity index (χ1v) is 11.6. The Morgan fingerprint density at radius 1 is 1.03 bits per heavy atom. The fraction of sp³-hybridized carbons (Fsp3) is 0.435. The topological polar surface area (TPSA) is 81.7 Å². The molecule has 0 fully saturated rings. The first-order chi connectivity index (χ1) is 14.0. The van der Waals surface area contributed by atoms with Crippen molar-refractivity contribution in [3.8, 4) is 0 Å².